The van der Waals surface area contributed by atoms with E-state index in [4.69, 9.17) is 23.2 Å². The Balaban J connectivity index is 2.27. The summed E-state index contributed by atoms with van der Waals surface area (Å²) in [6.45, 7) is 0.269. The summed E-state index contributed by atoms with van der Waals surface area (Å²) in [6, 6.07) is 5.06. The Labute approximate surface area is 114 Å². The Bertz CT molecular complexity index is 504. The normalized spacial score (nSPS) is 19.2. The topological polar surface area (TPSA) is 46.6 Å². The molecule has 96 valence electrons. The monoisotopic (exact) mass is 287 g/mol. The average Bonchev–Trinajstić information content (AvgIpc) is 2.74. The van der Waals surface area contributed by atoms with E-state index in [9.17, 15) is 9.59 Å². The van der Waals surface area contributed by atoms with Crippen LogP contribution in [0, 0.1) is 5.92 Å². The lowest BCUT2D eigenvalue weighted by Gasteiger charge is -2.18. The van der Waals surface area contributed by atoms with E-state index in [-0.39, 0.29) is 24.8 Å². The van der Waals surface area contributed by atoms with E-state index >= 15 is 0 Å². The largest absolute Gasteiger partial charge is 0.469 e. The molecule has 6 heteroatoms. The number of anilines is 1. The second-order valence-corrected chi connectivity index (χ2v) is 4.79. The molecule has 1 atom stereocenters. The summed E-state index contributed by atoms with van der Waals surface area (Å²) < 4.78 is 4.64. The van der Waals surface area contributed by atoms with E-state index in [1.165, 1.54) is 12.0 Å². The first kappa shape index (κ1) is 13.2. The number of carbonyl (C=O) groups excluding carboxylic acids is 2. The van der Waals surface area contributed by atoms with Gasteiger partial charge >= 0.3 is 5.97 Å². The number of hydrogen-bond donors (Lipinski definition) is 0. The van der Waals surface area contributed by atoms with Crippen LogP contribution in [0.1, 0.15) is 6.42 Å². The summed E-state index contributed by atoms with van der Waals surface area (Å²) in [5.74, 6) is -0.990. The third kappa shape index (κ3) is 2.31. The van der Waals surface area contributed by atoms with Gasteiger partial charge in [-0.3, -0.25) is 9.59 Å². The molecule has 0 unspecified atom stereocenters. The van der Waals surface area contributed by atoms with Crippen LogP contribution in [-0.2, 0) is 14.3 Å². The third-order valence-corrected chi connectivity index (χ3v) is 3.69. The first-order valence-corrected chi connectivity index (χ1v) is 6.12. The smallest absolute Gasteiger partial charge is 0.311 e. The molecule has 0 aliphatic carbocycles. The van der Waals surface area contributed by atoms with Crippen molar-refractivity contribution in [1.29, 1.82) is 0 Å². The van der Waals surface area contributed by atoms with Crippen LogP contribution in [0.2, 0.25) is 10.0 Å². The summed E-state index contributed by atoms with van der Waals surface area (Å²) in [5, 5.41) is 0.696. The van der Waals surface area contributed by atoms with Crippen molar-refractivity contribution in [3.63, 3.8) is 0 Å². The van der Waals surface area contributed by atoms with Crippen LogP contribution in [0.5, 0.6) is 0 Å². The first-order valence-electron chi connectivity index (χ1n) is 5.36. The quantitative estimate of drug-likeness (QED) is 0.786. The molecule has 1 fully saturated rings. The van der Waals surface area contributed by atoms with Gasteiger partial charge in [0.2, 0.25) is 5.91 Å². The molecule has 0 aromatic heterocycles. The lowest BCUT2D eigenvalue weighted by atomic mass is 10.1. The minimum atomic E-state index is -0.447. The fraction of sp³-hybridized carbons (Fsp3) is 0.333. The highest BCUT2D eigenvalue weighted by molar-refractivity contribution is 6.44. The molecule has 1 aliphatic rings. The average molecular weight is 288 g/mol. The number of carbonyl (C=O) groups is 2. The summed E-state index contributed by atoms with van der Waals surface area (Å²) in [4.78, 5) is 24.8. The van der Waals surface area contributed by atoms with Crippen molar-refractivity contribution in [1.82, 2.24) is 0 Å². The molecular weight excluding hydrogens is 277 g/mol. The van der Waals surface area contributed by atoms with Gasteiger partial charge in [-0.25, -0.2) is 0 Å². The minimum Gasteiger partial charge on any atom is -0.469 e. The summed E-state index contributed by atoms with van der Waals surface area (Å²) in [6.07, 6.45) is 0.134. The number of rotatable bonds is 2. The van der Waals surface area contributed by atoms with Crippen molar-refractivity contribution < 1.29 is 14.3 Å². The molecule has 1 aliphatic heterocycles. The van der Waals surface area contributed by atoms with Crippen LogP contribution in [0.25, 0.3) is 0 Å². The SMILES string of the molecule is COC(=O)[C@H]1CC(=O)N(c2cccc(Cl)c2Cl)C1. The van der Waals surface area contributed by atoms with Crippen LogP contribution in [0.3, 0.4) is 0 Å². The lowest BCUT2D eigenvalue weighted by Crippen LogP contribution is -2.26. The minimum absolute atomic E-state index is 0.134. The van der Waals surface area contributed by atoms with Gasteiger partial charge in [0.25, 0.3) is 0 Å². The first-order chi connectivity index (χ1) is 8.54. The van der Waals surface area contributed by atoms with Gasteiger partial charge in [-0.15, -0.1) is 0 Å². The number of esters is 1. The fourth-order valence-electron chi connectivity index (χ4n) is 1.97. The van der Waals surface area contributed by atoms with E-state index in [1.807, 2.05) is 0 Å². The summed E-state index contributed by atoms with van der Waals surface area (Å²) in [5.41, 5.74) is 0.528. The van der Waals surface area contributed by atoms with Gasteiger partial charge in [-0.1, -0.05) is 29.3 Å². The standard InChI is InChI=1S/C12H11Cl2NO3/c1-18-12(17)7-5-10(16)15(6-7)9-4-2-3-8(13)11(9)14/h2-4,7H,5-6H2,1H3/t7-/m0/s1. The predicted molar refractivity (Wildman–Crippen MR) is 68.9 cm³/mol. The number of ether oxygens (including phenoxy) is 1. The van der Waals surface area contributed by atoms with Gasteiger partial charge in [0, 0.05) is 13.0 Å². The second kappa shape index (κ2) is 5.16. The van der Waals surface area contributed by atoms with Crippen LogP contribution < -0.4 is 4.90 Å². The Morgan fingerprint density at radius 2 is 2.17 bits per heavy atom. The molecule has 4 nitrogen and oxygen atoms in total. The Morgan fingerprint density at radius 1 is 1.44 bits per heavy atom. The molecule has 0 spiro atoms. The van der Waals surface area contributed by atoms with Crippen molar-refractivity contribution in [2.24, 2.45) is 5.92 Å². The van der Waals surface area contributed by atoms with Crippen LogP contribution >= 0.6 is 23.2 Å². The maximum Gasteiger partial charge on any atom is 0.311 e. The van der Waals surface area contributed by atoms with Crippen LogP contribution in [0.15, 0.2) is 18.2 Å². The molecule has 0 bridgehead atoms. The van der Waals surface area contributed by atoms with Gasteiger partial charge < -0.3 is 9.64 Å². The molecule has 0 radical (unpaired) electrons. The van der Waals surface area contributed by atoms with Gasteiger partial charge in [0.15, 0.2) is 0 Å². The zero-order valence-corrected chi connectivity index (χ0v) is 11.2. The Hall–Kier alpha value is -1.26. The molecule has 1 saturated heterocycles. The van der Waals surface area contributed by atoms with E-state index in [0.717, 1.165) is 0 Å². The summed E-state index contributed by atoms with van der Waals surface area (Å²) >= 11 is 12.0. The molecule has 18 heavy (non-hydrogen) atoms. The Morgan fingerprint density at radius 3 is 2.83 bits per heavy atom. The van der Waals surface area contributed by atoms with Crippen molar-refractivity contribution in [2.75, 3.05) is 18.6 Å². The van der Waals surface area contributed by atoms with Gasteiger partial charge in [-0.2, -0.15) is 0 Å². The maximum absolute atomic E-state index is 11.9. The zero-order chi connectivity index (χ0) is 13.3. The molecule has 1 aromatic rings. The van der Waals surface area contributed by atoms with E-state index < -0.39 is 5.92 Å². The van der Waals surface area contributed by atoms with E-state index in [0.29, 0.717) is 15.7 Å². The molecule has 0 N–H and O–H groups in total. The highest BCUT2D eigenvalue weighted by Crippen LogP contribution is 2.35. The van der Waals surface area contributed by atoms with Crippen molar-refractivity contribution >= 4 is 40.8 Å². The van der Waals surface area contributed by atoms with Crippen molar-refractivity contribution in [2.45, 2.75) is 6.42 Å². The van der Waals surface area contributed by atoms with E-state index in [2.05, 4.69) is 4.74 Å². The number of benzene rings is 1. The number of halogens is 2. The number of methoxy groups -OCH3 is 1. The number of amides is 1. The van der Waals surface area contributed by atoms with Crippen molar-refractivity contribution in [3.05, 3.63) is 28.2 Å². The van der Waals surface area contributed by atoms with Gasteiger partial charge in [0.05, 0.1) is 28.8 Å². The molecular formula is C12H11Cl2NO3. The molecule has 1 heterocycles. The number of hydrogen-bond acceptors (Lipinski definition) is 3. The maximum atomic E-state index is 11.9. The fourth-order valence-corrected chi connectivity index (χ4v) is 2.36. The molecule has 2 rings (SSSR count). The Kier molecular flexibility index (Phi) is 3.78. The van der Waals surface area contributed by atoms with Gasteiger partial charge in [0.1, 0.15) is 0 Å². The second-order valence-electron chi connectivity index (χ2n) is 4.00. The zero-order valence-electron chi connectivity index (χ0n) is 9.65. The van der Waals surface area contributed by atoms with Crippen LogP contribution in [-0.4, -0.2) is 25.5 Å². The van der Waals surface area contributed by atoms with E-state index in [1.54, 1.807) is 18.2 Å². The molecule has 1 amide bonds. The molecule has 1 aromatic carbocycles. The van der Waals surface area contributed by atoms with Gasteiger partial charge in [-0.05, 0) is 12.1 Å². The van der Waals surface area contributed by atoms with Crippen molar-refractivity contribution in [3.8, 4) is 0 Å². The summed E-state index contributed by atoms with van der Waals surface area (Å²) in [7, 11) is 1.31. The molecule has 0 saturated carbocycles. The van der Waals surface area contributed by atoms with Crippen LogP contribution in [0.4, 0.5) is 5.69 Å². The predicted octanol–water partition coefficient (Wildman–Crippen LogP) is 2.52. The highest BCUT2D eigenvalue weighted by atomic mass is 35.5. The third-order valence-electron chi connectivity index (χ3n) is 2.88. The highest BCUT2D eigenvalue weighted by Gasteiger charge is 2.36. The number of nitrogens with zero attached hydrogens (tertiary/aromatic N) is 1. The lowest BCUT2D eigenvalue weighted by molar-refractivity contribution is -0.145.